The van der Waals surface area contributed by atoms with Gasteiger partial charge in [0.25, 0.3) is 0 Å². The van der Waals surface area contributed by atoms with Gasteiger partial charge >= 0.3 is 5.97 Å². The van der Waals surface area contributed by atoms with Crippen molar-refractivity contribution in [2.24, 2.45) is 11.8 Å². The molecule has 0 aliphatic heterocycles. The number of carbonyl (C=O) groups is 1. The quantitative estimate of drug-likeness (QED) is 0.356. The van der Waals surface area contributed by atoms with Crippen LogP contribution in [0.1, 0.15) is 55.9 Å². The third-order valence-electron chi connectivity index (χ3n) is 5.87. The highest BCUT2D eigenvalue weighted by Gasteiger charge is 2.36. The Morgan fingerprint density at radius 3 is 2.86 bits per heavy atom. The second-order valence-electron chi connectivity index (χ2n) is 7.97. The number of rotatable bonds is 10. The van der Waals surface area contributed by atoms with Gasteiger partial charge in [-0.2, -0.15) is 0 Å². The summed E-state index contributed by atoms with van der Waals surface area (Å²) < 4.78 is 1.19. The Labute approximate surface area is 176 Å². The summed E-state index contributed by atoms with van der Waals surface area (Å²) in [4.78, 5) is 11.5. The minimum Gasteiger partial charge on any atom is -0.481 e. The van der Waals surface area contributed by atoms with Crippen LogP contribution in [0.15, 0.2) is 54.6 Å². The van der Waals surface area contributed by atoms with Crippen LogP contribution in [0, 0.1) is 11.8 Å². The van der Waals surface area contributed by atoms with Gasteiger partial charge in [0, 0.05) is 16.0 Å². The normalized spacial score (nSPS) is 23.2. The predicted molar refractivity (Wildman–Crippen MR) is 118 cm³/mol. The summed E-state index contributed by atoms with van der Waals surface area (Å²) in [6.45, 7) is 4.17. The Hall–Kier alpha value is -1.95. The SMILES string of the molecule is C=C1C[C@@H](O)[C@H](C/C=C\CCCC(=O)O)[C@H]1CC[C@@H](O)c1cc2ccccc2s1. The average molecular weight is 415 g/mol. The Balaban J connectivity index is 1.53. The molecular formula is C24H30O4S. The van der Waals surface area contributed by atoms with Crippen LogP contribution in [0.3, 0.4) is 0 Å². The summed E-state index contributed by atoms with van der Waals surface area (Å²) in [5.74, 6) is -0.441. The first-order valence-corrected chi connectivity index (χ1v) is 11.2. The molecule has 4 nitrogen and oxygen atoms in total. The molecule has 0 radical (unpaired) electrons. The number of aliphatic carboxylic acids is 1. The molecule has 5 heteroatoms. The number of carboxylic acid groups (broad SMARTS) is 1. The first-order chi connectivity index (χ1) is 14.0. The van der Waals surface area contributed by atoms with Gasteiger partial charge in [0.15, 0.2) is 0 Å². The number of aliphatic hydroxyl groups is 2. The number of benzene rings is 1. The lowest BCUT2D eigenvalue weighted by Gasteiger charge is -2.22. The van der Waals surface area contributed by atoms with Crippen molar-refractivity contribution < 1.29 is 20.1 Å². The molecule has 0 bridgehead atoms. The van der Waals surface area contributed by atoms with Crippen molar-refractivity contribution in [3.63, 3.8) is 0 Å². The van der Waals surface area contributed by atoms with E-state index in [-0.39, 0.29) is 18.3 Å². The van der Waals surface area contributed by atoms with Crippen molar-refractivity contribution in [1.29, 1.82) is 0 Å². The Bertz CT molecular complexity index is 836. The van der Waals surface area contributed by atoms with Gasteiger partial charge in [-0.25, -0.2) is 0 Å². The van der Waals surface area contributed by atoms with E-state index in [4.69, 9.17) is 5.11 Å². The molecule has 0 unspecified atom stereocenters. The molecule has 0 saturated heterocycles. The third-order valence-corrected chi connectivity index (χ3v) is 7.08. The van der Waals surface area contributed by atoms with Gasteiger partial charge in [0.2, 0.25) is 0 Å². The zero-order valence-corrected chi connectivity index (χ0v) is 17.5. The molecule has 3 rings (SSSR count). The minimum atomic E-state index is -0.766. The molecule has 29 heavy (non-hydrogen) atoms. The third kappa shape index (κ3) is 5.78. The number of unbranched alkanes of at least 4 members (excludes halogenated alkanes) is 1. The number of thiophene rings is 1. The van der Waals surface area contributed by atoms with Crippen LogP contribution in [0.2, 0.25) is 0 Å². The van der Waals surface area contributed by atoms with Crippen LogP contribution >= 0.6 is 11.3 Å². The van der Waals surface area contributed by atoms with Crippen LogP contribution in [-0.2, 0) is 4.79 Å². The van der Waals surface area contributed by atoms with Crippen molar-refractivity contribution in [2.45, 2.75) is 57.2 Å². The fraction of sp³-hybridized carbons (Fsp3) is 0.458. The molecule has 4 atom stereocenters. The molecule has 0 spiro atoms. The molecule has 3 N–H and O–H groups in total. The lowest BCUT2D eigenvalue weighted by atomic mass is 9.85. The Kier molecular flexibility index (Phi) is 7.64. The summed E-state index contributed by atoms with van der Waals surface area (Å²) in [5.41, 5.74) is 1.07. The van der Waals surface area contributed by atoms with Crippen molar-refractivity contribution in [3.8, 4) is 0 Å². The van der Waals surface area contributed by atoms with Gasteiger partial charge in [0.1, 0.15) is 0 Å². The maximum atomic E-state index is 10.7. The fourth-order valence-corrected chi connectivity index (χ4v) is 5.36. The van der Waals surface area contributed by atoms with Crippen LogP contribution in [0.25, 0.3) is 10.1 Å². The molecule has 156 valence electrons. The van der Waals surface area contributed by atoms with Crippen molar-refractivity contribution in [1.82, 2.24) is 0 Å². The summed E-state index contributed by atoms with van der Waals surface area (Å²) >= 11 is 1.64. The minimum absolute atomic E-state index is 0.118. The van der Waals surface area contributed by atoms with Crippen molar-refractivity contribution >= 4 is 27.4 Å². The lowest BCUT2D eigenvalue weighted by molar-refractivity contribution is -0.137. The van der Waals surface area contributed by atoms with Crippen LogP contribution < -0.4 is 0 Å². The number of allylic oxidation sites excluding steroid dienone is 2. The van der Waals surface area contributed by atoms with Gasteiger partial charge < -0.3 is 15.3 Å². The average Bonchev–Trinajstić information content (AvgIpc) is 3.23. The standard InChI is InChI=1S/C24H30O4S/c1-16-14-21(26)19(9-4-2-3-5-11-24(27)28)18(16)12-13-20(25)23-15-17-8-6-7-10-22(17)29-23/h2,4,6-8,10,15,18-21,25-26H,1,3,5,9,11-14H2,(H,27,28)/b4-2-/t18-,19+,20+,21+/m0/s1. The maximum absolute atomic E-state index is 10.7. The Morgan fingerprint density at radius 2 is 2.10 bits per heavy atom. The highest BCUT2D eigenvalue weighted by Crippen LogP contribution is 2.42. The van der Waals surface area contributed by atoms with E-state index in [1.165, 1.54) is 4.70 Å². The largest absolute Gasteiger partial charge is 0.481 e. The van der Waals surface area contributed by atoms with Gasteiger partial charge in [-0.1, -0.05) is 42.5 Å². The van der Waals surface area contributed by atoms with Crippen molar-refractivity contribution in [2.75, 3.05) is 0 Å². The van der Waals surface area contributed by atoms with E-state index in [1.807, 2.05) is 18.2 Å². The fourth-order valence-electron chi connectivity index (χ4n) is 4.27. The van der Waals surface area contributed by atoms with Crippen LogP contribution in [-0.4, -0.2) is 27.4 Å². The number of aliphatic hydroxyl groups excluding tert-OH is 2. The van der Waals surface area contributed by atoms with E-state index in [1.54, 1.807) is 11.3 Å². The summed E-state index contributed by atoms with van der Waals surface area (Å²) in [6.07, 6.45) is 7.60. The summed E-state index contributed by atoms with van der Waals surface area (Å²) in [6, 6.07) is 10.2. The topological polar surface area (TPSA) is 77.8 Å². The van der Waals surface area contributed by atoms with E-state index in [9.17, 15) is 15.0 Å². The van der Waals surface area contributed by atoms with Crippen LogP contribution in [0.4, 0.5) is 0 Å². The molecule has 1 saturated carbocycles. The van der Waals surface area contributed by atoms with Crippen molar-refractivity contribution in [3.05, 3.63) is 59.5 Å². The van der Waals surface area contributed by atoms with E-state index in [0.717, 1.165) is 35.1 Å². The number of hydrogen-bond acceptors (Lipinski definition) is 4. The van der Waals surface area contributed by atoms with Gasteiger partial charge in [-0.05, 0) is 67.9 Å². The van der Waals surface area contributed by atoms with E-state index < -0.39 is 18.2 Å². The molecule has 1 aromatic carbocycles. The molecule has 2 aromatic rings. The number of hydrogen-bond donors (Lipinski definition) is 3. The first-order valence-electron chi connectivity index (χ1n) is 10.3. The van der Waals surface area contributed by atoms with E-state index >= 15 is 0 Å². The number of fused-ring (bicyclic) bond motifs is 1. The van der Waals surface area contributed by atoms with E-state index in [0.29, 0.717) is 19.3 Å². The molecule has 1 aliphatic rings. The second-order valence-corrected chi connectivity index (χ2v) is 9.09. The molecule has 1 fully saturated rings. The highest BCUT2D eigenvalue weighted by atomic mass is 32.1. The number of carboxylic acids is 1. The van der Waals surface area contributed by atoms with Gasteiger partial charge in [-0.3, -0.25) is 4.79 Å². The maximum Gasteiger partial charge on any atom is 0.303 e. The summed E-state index contributed by atoms with van der Waals surface area (Å²) in [7, 11) is 0. The first kappa shape index (κ1) is 21.8. The van der Waals surface area contributed by atoms with Gasteiger partial charge in [-0.15, -0.1) is 11.3 Å². The van der Waals surface area contributed by atoms with Crippen LogP contribution in [0.5, 0.6) is 0 Å². The summed E-state index contributed by atoms with van der Waals surface area (Å²) in [5, 5.41) is 31.0. The molecule has 1 aromatic heterocycles. The lowest BCUT2D eigenvalue weighted by Crippen LogP contribution is -2.19. The smallest absolute Gasteiger partial charge is 0.303 e. The monoisotopic (exact) mass is 414 g/mol. The molecule has 1 aliphatic carbocycles. The van der Waals surface area contributed by atoms with E-state index in [2.05, 4.69) is 30.9 Å². The molecular weight excluding hydrogens is 384 g/mol. The predicted octanol–water partition coefficient (Wildman–Crippen LogP) is 5.47. The highest BCUT2D eigenvalue weighted by molar-refractivity contribution is 7.19. The molecule has 0 amide bonds. The van der Waals surface area contributed by atoms with Gasteiger partial charge in [0.05, 0.1) is 12.2 Å². The Morgan fingerprint density at radius 1 is 1.31 bits per heavy atom. The zero-order chi connectivity index (χ0) is 20.8. The second kappa shape index (κ2) is 10.2. The zero-order valence-electron chi connectivity index (χ0n) is 16.7. The molecule has 1 heterocycles.